The van der Waals surface area contributed by atoms with Crippen molar-refractivity contribution in [3.63, 3.8) is 0 Å². The molecule has 0 spiro atoms. The lowest BCUT2D eigenvalue weighted by atomic mass is 9.75. The average molecular weight is 575 g/mol. The lowest BCUT2D eigenvalue weighted by Crippen LogP contribution is -2.46. The van der Waals surface area contributed by atoms with Crippen molar-refractivity contribution in [3.05, 3.63) is 46.3 Å². The van der Waals surface area contributed by atoms with E-state index in [-0.39, 0.29) is 29.3 Å². The van der Waals surface area contributed by atoms with Crippen LogP contribution in [-0.4, -0.2) is 65.5 Å². The van der Waals surface area contributed by atoms with Crippen molar-refractivity contribution in [2.75, 3.05) is 31.5 Å². The number of rotatable bonds is 8. The number of nitrogens with two attached hydrogens (primary N) is 1. The highest BCUT2D eigenvalue weighted by Crippen LogP contribution is 2.43. The summed E-state index contributed by atoms with van der Waals surface area (Å²) >= 11 is 0. The number of likely N-dealkylation sites (tertiary alicyclic amines) is 1. The summed E-state index contributed by atoms with van der Waals surface area (Å²) in [6.07, 6.45) is 10.4. The van der Waals surface area contributed by atoms with E-state index in [1.165, 1.54) is 24.1 Å². The Bertz CT molecular complexity index is 1360. The number of benzene rings is 1. The van der Waals surface area contributed by atoms with Gasteiger partial charge in [-0.05, 0) is 106 Å². The first-order valence-corrected chi connectivity index (χ1v) is 15.9. The van der Waals surface area contributed by atoms with Gasteiger partial charge in [0.2, 0.25) is 0 Å². The van der Waals surface area contributed by atoms with Crippen molar-refractivity contribution in [1.82, 2.24) is 20.1 Å². The molecule has 1 aromatic carbocycles. The fourth-order valence-corrected chi connectivity index (χ4v) is 7.72. The highest BCUT2D eigenvalue weighted by Gasteiger charge is 2.39. The van der Waals surface area contributed by atoms with Crippen molar-refractivity contribution in [2.45, 2.75) is 96.6 Å². The predicted molar refractivity (Wildman–Crippen MR) is 165 cm³/mol. The number of urea groups is 1. The summed E-state index contributed by atoms with van der Waals surface area (Å²) in [4.78, 5) is 40.5. The number of ketones is 1. The van der Waals surface area contributed by atoms with E-state index < -0.39 is 5.91 Å². The lowest BCUT2D eigenvalue weighted by molar-refractivity contribution is 0.0909. The van der Waals surface area contributed by atoms with Crippen LogP contribution in [0.3, 0.4) is 0 Å². The number of anilines is 1. The second-order valence-corrected chi connectivity index (χ2v) is 13.6. The van der Waals surface area contributed by atoms with Gasteiger partial charge < -0.3 is 31.2 Å². The highest BCUT2D eigenvalue weighted by atomic mass is 16.2. The summed E-state index contributed by atoms with van der Waals surface area (Å²) in [5.74, 6) is -0.197. The molecule has 5 N–H and O–H groups in total. The zero-order chi connectivity index (χ0) is 29.4. The molecule has 2 fully saturated rings. The zero-order valence-corrected chi connectivity index (χ0v) is 25.2. The Labute approximate surface area is 249 Å². The number of hydrogen-bond acceptors (Lipinski definition) is 5. The number of primary amides is 1. The molecule has 1 aromatic heterocycles. The van der Waals surface area contributed by atoms with Crippen LogP contribution in [-0.2, 0) is 19.3 Å². The molecular weight excluding hydrogens is 528 g/mol. The minimum Gasteiger partial charge on any atom is -0.382 e. The number of hydrogen-bond donors (Lipinski definition) is 4. The number of nitrogens with one attached hydrogen (secondary N) is 3. The maximum Gasteiger partial charge on any atom is 0.315 e. The van der Waals surface area contributed by atoms with Crippen LogP contribution >= 0.6 is 0 Å². The van der Waals surface area contributed by atoms with Crippen molar-refractivity contribution >= 4 is 23.4 Å². The molecular formula is C33H46N6O3. The Morgan fingerprint density at radius 1 is 0.976 bits per heavy atom. The molecule has 2 heterocycles. The van der Waals surface area contributed by atoms with Gasteiger partial charge >= 0.3 is 6.03 Å². The third-order valence-corrected chi connectivity index (χ3v) is 9.74. The van der Waals surface area contributed by atoms with Gasteiger partial charge in [-0.1, -0.05) is 13.8 Å². The van der Waals surface area contributed by atoms with Gasteiger partial charge in [0.25, 0.3) is 5.91 Å². The van der Waals surface area contributed by atoms with Gasteiger partial charge in [0.05, 0.1) is 5.56 Å². The number of amides is 3. The van der Waals surface area contributed by atoms with E-state index >= 15 is 0 Å². The smallest absolute Gasteiger partial charge is 0.315 e. The van der Waals surface area contributed by atoms with Gasteiger partial charge in [0, 0.05) is 59.9 Å². The minimum atomic E-state index is -0.457. The molecule has 226 valence electrons. The number of carbonyl (C=O) groups excluding carboxylic acids is 3. The first kappa shape index (κ1) is 28.8. The van der Waals surface area contributed by atoms with Crippen LogP contribution in [0.1, 0.15) is 103 Å². The van der Waals surface area contributed by atoms with Crippen LogP contribution in [0, 0.1) is 5.41 Å². The topological polar surface area (TPSA) is 121 Å². The molecule has 0 atom stereocenters. The van der Waals surface area contributed by atoms with Gasteiger partial charge in [-0.2, -0.15) is 0 Å². The maximum atomic E-state index is 13.3. The Morgan fingerprint density at radius 2 is 1.71 bits per heavy atom. The summed E-state index contributed by atoms with van der Waals surface area (Å²) in [7, 11) is 0. The van der Waals surface area contributed by atoms with Crippen LogP contribution in [0.5, 0.6) is 0 Å². The largest absolute Gasteiger partial charge is 0.382 e. The molecule has 3 amide bonds. The average Bonchev–Trinajstić information content (AvgIpc) is 3.67. The summed E-state index contributed by atoms with van der Waals surface area (Å²) < 4.78 is 2.30. The van der Waals surface area contributed by atoms with E-state index in [2.05, 4.69) is 39.3 Å². The number of aromatic nitrogens is 1. The summed E-state index contributed by atoms with van der Waals surface area (Å²) in [6.45, 7) is 8.19. The quantitative estimate of drug-likeness (QED) is 0.374. The van der Waals surface area contributed by atoms with Crippen LogP contribution < -0.4 is 21.7 Å². The number of fused-ring (bicyclic) bond motifs is 3. The molecule has 0 radical (unpaired) electrons. The zero-order valence-electron chi connectivity index (χ0n) is 25.2. The van der Waals surface area contributed by atoms with Crippen LogP contribution in [0.25, 0.3) is 5.69 Å². The molecule has 9 heteroatoms. The van der Waals surface area contributed by atoms with Crippen molar-refractivity contribution in [3.8, 4) is 5.69 Å². The van der Waals surface area contributed by atoms with Gasteiger partial charge in [-0.3, -0.25) is 9.59 Å². The third-order valence-electron chi connectivity index (χ3n) is 9.74. The molecule has 9 nitrogen and oxygen atoms in total. The standard InChI is InChI=1S/C33H46N6O3/c1-33(2)19-28-30(29(40)20-33)25-6-5-7-27(25)39(28)23-12-13-24(31(34)41)26(18-23)36-21-8-10-22(11-9-21)37-32(42)35-14-17-38-15-3-4-16-38/h12-13,18,21-22,36H,3-11,14-17,19-20H2,1-2H3,(H2,34,41)(H2,35,37,42). The maximum absolute atomic E-state index is 13.3. The van der Waals surface area contributed by atoms with Gasteiger partial charge in [-0.25, -0.2) is 4.79 Å². The Hall–Kier alpha value is -3.33. The number of carbonyl (C=O) groups is 3. The van der Waals surface area contributed by atoms with E-state index in [1.807, 2.05) is 18.2 Å². The molecule has 6 rings (SSSR count). The molecule has 2 aromatic rings. The van der Waals surface area contributed by atoms with Crippen LogP contribution in [0.4, 0.5) is 10.5 Å². The first-order chi connectivity index (χ1) is 20.2. The molecule has 0 unspecified atom stereocenters. The summed E-state index contributed by atoms with van der Waals surface area (Å²) in [5, 5.41) is 9.79. The number of Topliss-reactive ketones (excluding diaryl/α,β-unsaturated/α-hetero) is 1. The van der Waals surface area contributed by atoms with Crippen molar-refractivity contribution < 1.29 is 14.4 Å². The SMILES string of the molecule is CC1(C)CC(=O)c2c3c(n(-c4ccc(C(N)=O)c(NC5CCC(NC(=O)NCCN6CCCC6)CC5)c4)c2C1)CCC3. The normalized spacial score (nSPS) is 23.3. The third kappa shape index (κ3) is 5.93. The fourth-order valence-electron chi connectivity index (χ4n) is 7.72. The van der Waals surface area contributed by atoms with Crippen molar-refractivity contribution in [2.24, 2.45) is 11.1 Å². The van der Waals surface area contributed by atoms with Gasteiger partial charge in [0.15, 0.2) is 5.78 Å². The number of nitrogens with zero attached hydrogens (tertiary/aromatic N) is 2. The fraction of sp³-hybridized carbons (Fsp3) is 0.606. The van der Waals surface area contributed by atoms with E-state index in [1.54, 1.807) is 0 Å². The van der Waals surface area contributed by atoms with Crippen LogP contribution in [0.15, 0.2) is 18.2 Å². The monoisotopic (exact) mass is 574 g/mol. The minimum absolute atomic E-state index is 0.0837. The molecule has 0 bridgehead atoms. The van der Waals surface area contributed by atoms with Crippen molar-refractivity contribution in [1.29, 1.82) is 0 Å². The van der Waals surface area contributed by atoms with Gasteiger partial charge in [0.1, 0.15) is 0 Å². The Kier molecular flexibility index (Phi) is 8.05. The molecule has 1 aliphatic heterocycles. The lowest BCUT2D eigenvalue weighted by Gasteiger charge is -2.31. The van der Waals surface area contributed by atoms with Gasteiger partial charge in [-0.15, -0.1) is 0 Å². The Morgan fingerprint density at radius 3 is 2.45 bits per heavy atom. The van der Waals surface area contributed by atoms with Crippen LogP contribution in [0.2, 0.25) is 0 Å². The molecule has 3 aliphatic carbocycles. The second kappa shape index (κ2) is 11.7. The second-order valence-electron chi connectivity index (χ2n) is 13.6. The van der Waals surface area contributed by atoms with E-state index in [0.29, 0.717) is 18.5 Å². The van der Waals surface area contributed by atoms with E-state index in [4.69, 9.17) is 5.73 Å². The van der Waals surface area contributed by atoms with E-state index in [0.717, 1.165) is 93.6 Å². The summed E-state index contributed by atoms with van der Waals surface area (Å²) in [6, 6.07) is 6.08. The predicted octanol–water partition coefficient (Wildman–Crippen LogP) is 4.34. The molecule has 1 saturated heterocycles. The molecule has 42 heavy (non-hydrogen) atoms. The Balaban J connectivity index is 1.14. The van der Waals surface area contributed by atoms with E-state index in [9.17, 15) is 14.4 Å². The first-order valence-electron chi connectivity index (χ1n) is 15.9. The summed E-state index contributed by atoms with van der Waals surface area (Å²) in [5.41, 5.74) is 12.5. The highest BCUT2D eigenvalue weighted by molar-refractivity contribution is 6.01. The molecule has 1 saturated carbocycles. The molecule has 4 aliphatic rings.